The molecule has 0 aromatic carbocycles. The number of aliphatic hydroxyl groups excluding tert-OH is 1. The second-order valence-electron chi connectivity index (χ2n) is 5.48. The zero-order chi connectivity index (χ0) is 13.3. The molecule has 0 aromatic rings. The Labute approximate surface area is 115 Å². The second-order valence-corrected chi connectivity index (χ2v) is 6.86. The molecule has 5 atom stereocenters. The van der Waals surface area contributed by atoms with Crippen molar-refractivity contribution in [2.45, 2.75) is 60.6 Å². The van der Waals surface area contributed by atoms with Crippen LogP contribution < -0.4 is 0 Å². The van der Waals surface area contributed by atoms with Crippen LogP contribution in [-0.2, 0) is 18.9 Å². The summed E-state index contributed by atoms with van der Waals surface area (Å²) in [5.74, 6) is -0.743. The van der Waals surface area contributed by atoms with Crippen molar-refractivity contribution in [1.82, 2.24) is 0 Å². The van der Waals surface area contributed by atoms with Gasteiger partial charge in [0, 0.05) is 13.5 Å². The van der Waals surface area contributed by atoms with Gasteiger partial charge in [-0.25, -0.2) is 0 Å². The Morgan fingerprint density at radius 3 is 2.39 bits per heavy atom. The molecule has 2 aliphatic heterocycles. The summed E-state index contributed by atoms with van der Waals surface area (Å²) in [6.45, 7) is 3.62. The maximum Gasteiger partial charge on any atom is 0.187 e. The Balaban J connectivity index is 1.94. The smallest absolute Gasteiger partial charge is 0.187 e. The van der Waals surface area contributed by atoms with Gasteiger partial charge in [0.05, 0.1) is 6.10 Å². The summed E-state index contributed by atoms with van der Waals surface area (Å²) in [6.07, 6.45) is -1.98. The number of halogens is 2. The SMILES string of the molecule is COC1O[C@@]2(CC(O)C2(Cl)Cl)[C@@H]2OC(C)(C)OC12. The second kappa shape index (κ2) is 3.73. The molecule has 1 aliphatic carbocycles. The molecule has 0 amide bonds. The Morgan fingerprint density at radius 2 is 1.89 bits per heavy atom. The van der Waals surface area contributed by atoms with Gasteiger partial charge in [-0.05, 0) is 13.8 Å². The van der Waals surface area contributed by atoms with E-state index in [2.05, 4.69) is 0 Å². The molecule has 1 saturated carbocycles. The van der Waals surface area contributed by atoms with E-state index >= 15 is 0 Å². The zero-order valence-electron chi connectivity index (χ0n) is 10.4. The number of aliphatic hydroxyl groups is 1. The topological polar surface area (TPSA) is 57.2 Å². The molecular weight excluding hydrogens is 283 g/mol. The molecule has 1 spiro atoms. The number of ether oxygens (including phenoxy) is 4. The average molecular weight is 299 g/mol. The molecule has 3 fully saturated rings. The first-order chi connectivity index (χ1) is 8.23. The van der Waals surface area contributed by atoms with Crippen molar-refractivity contribution < 1.29 is 24.1 Å². The standard InChI is InChI=1S/C11H16Cl2O5/c1-9(2)16-6-7(17-9)10(18-8(6)15-3)4-5(14)11(10,12)13/h5-8,14H,4H2,1-3H3/t5?,6?,7-,8?,10+/m1/s1. The molecule has 5 nitrogen and oxygen atoms in total. The quantitative estimate of drug-likeness (QED) is 0.737. The Morgan fingerprint density at radius 1 is 1.22 bits per heavy atom. The number of fused-ring (bicyclic) bond motifs is 2. The van der Waals surface area contributed by atoms with Crippen LogP contribution >= 0.6 is 23.2 Å². The normalized spacial score (nSPS) is 52.3. The first kappa shape index (κ1) is 13.4. The van der Waals surface area contributed by atoms with Gasteiger partial charge in [0.1, 0.15) is 17.8 Å². The van der Waals surface area contributed by atoms with E-state index < -0.39 is 40.3 Å². The molecule has 7 heteroatoms. The fraction of sp³-hybridized carbons (Fsp3) is 1.00. The summed E-state index contributed by atoms with van der Waals surface area (Å²) in [6, 6.07) is 0. The van der Waals surface area contributed by atoms with Crippen LogP contribution in [0.15, 0.2) is 0 Å². The highest BCUT2D eigenvalue weighted by Gasteiger charge is 2.78. The van der Waals surface area contributed by atoms with Crippen LogP contribution in [0.5, 0.6) is 0 Å². The molecule has 104 valence electrons. The van der Waals surface area contributed by atoms with E-state index in [0.29, 0.717) is 6.42 Å². The van der Waals surface area contributed by atoms with E-state index in [9.17, 15) is 5.11 Å². The number of alkyl halides is 2. The van der Waals surface area contributed by atoms with Crippen molar-refractivity contribution in [2.24, 2.45) is 0 Å². The largest absolute Gasteiger partial charge is 0.390 e. The first-order valence-electron chi connectivity index (χ1n) is 5.86. The Hall–Kier alpha value is 0.380. The van der Waals surface area contributed by atoms with Gasteiger partial charge in [-0.15, -0.1) is 0 Å². The maximum absolute atomic E-state index is 9.73. The van der Waals surface area contributed by atoms with Gasteiger partial charge in [-0.1, -0.05) is 23.2 Å². The van der Waals surface area contributed by atoms with E-state index in [-0.39, 0.29) is 0 Å². The minimum absolute atomic E-state index is 0.306. The lowest BCUT2D eigenvalue weighted by atomic mass is 9.72. The summed E-state index contributed by atoms with van der Waals surface area (Å²) in [5, 5.41) is 9.73. The van der Waals surface area contributed by atoms with Crippen molar-refractivity contribution in [1.29, 1.82) is 0 Å². The predicted molar refractivity (Wildman–Crippen MR) is 63.5 cm³/mol. The van der Waals surface area contributed by atoms with E-state index in [1.165, 1.54) is 7.11 Å². The summed E-state index contributed by atoms with van der Waals surface area (Å²) in [5.41, 5.74) is -0.978. The third-order valence-electron chi connectivity index (χ3n) is 3.89. The highest BCUT2D eigenvalue weighted by molar-refractivity contribution is 6.50. The average Bonchev–Trinajstić information content (AvgIpc) is 2.73. The zero-order valence-corrected chi connectivity index (χ0v) is 11.9. The van der Waals surface area contributed by atoms with E-state index in [1.54, 1.807) is 0 Å². The molecule has 3 aliphatic rings. The van der Waals surface area contributed by atoms with Gasteiger partial charge in [-0.2, -0.15) is 0 Å². The minimum atomic E-state index is -1.41. The number of methoxy groups -OCH3 is 1. The molecule has 0 aromatic heterocycles. The van der Waals surface area contributed by atoms with Crippen molar-refractivity contribution >= 4 is 23.2 Å². The van der Waals surface area contributed by atoms with Crippen LogP contribution in [0.25, 0.3) is 0 Å². The third-order valence-corrected chi connectivity index (χ3v) is 5.04. The lowest BCUT2D eigenvalue weighted by Gasteiger charge is -2.54. The fourth-order valence-corrected chi connectivity index (χ4v) is 3.62. The predicted octanol–water partition coefficient (Wildman–Crippen LogP) is 1.19. The summed E-state index contributed by atoms with van der Waals surface area (Å²) in [7, 11) is 1.52. The lowest BCUT2D eigenvalue weighted by Crippen LogP contribution is -2.71. The van der Waals surface area contributed by atoms with Crippen LogP contribution in [0.4, 0.5) is 0 Å². The molecule has 3 rings (SSSR count). The highest BCUT2D eigenvalue weighted by atomic mass is 35.5. The highest BCUT2D eigenvalue weighted by Crippen LogP contribution is 2.62. The summed E-state index contributed by atoms with van der Waals surface area (Å²) < 4.78 is 21.2. The van der Waals surface area contributed by atoms with Crippen LogP contribution in [-0.4, -0.2) is 52.5 Å². The van der Waals surface area contributed by atoms with Crippen molar-refractivity contribution in [3.63, 3.8) is 0 Å². The van der Waals surface area contributed by atoms with Crippen LogP contribution in [0, 0.1) is 0 Å². The van der Waals surface area contributed by atoms with E-state index in [4.69, 9.17) is 42.1 Å². The van der Waals surface area contributed by atoms with E-state index in [0.717, 1.165) is 0 Å². The summed E-state index contributed by atoms with van der Waals surface area (Å²) in [4.78, 5) is 0. The molecule has 18 heavy (non-hydrogen) atoms. The number of hydrogen-bond donors (Lipinski definition) is 1. The lowest BCUT2D eigenvalue weighted by molar-refractivity contribution is -0.280. The van der Waals surface area contributed by atoms with Crippen molar-refractivity contribution in [3.05, 3.63) is 0 Å². The molecule has 2 saturated heterocycles. The number of rotatable bonds is 1. The first-order valence-corrected chi connectivity index (χ1v) is 6.61. The fourth-order valence-electron chi connectivity index (χ4n) is 3.01. The minimum Gasteiger partial charge on any atom is -0.390 e. The molecule has 1 N–H and O–H groups in total. The number of hydrogen-bond acceptors (Lipinski definition) is 5. The summed E-state index contributed by atoms with van der Waals surface area (Å²) >= 11 is 12.4. The third kappa shape index (κ3) is 1.47. The molecule has 2 heterocycles. The van der Waals surface area contributed by atoms with Gasteiger partial charge in [0.25, 0.3) is 0 Å². The molecule has 0 radical (unpaired) electrons. The molecule has 0 bridgehead atoms. The monoisotopic (exact) mass is 298 g/mol. The van der Waals surface area contributed by atoms with Gasteiger partial charge in [0.2, 0.25) is 0 Å². The van der Waals surface area contributed by atoms with Gasteiger partial charge in [0.15, 0.2) is 16.4 Å². The van der Waals surface area contributed by atoms with E-state index in [1.807, 2.05) is 13.8 Å². The van der Waals surface area contributed by atoms with Gasteiger partial charge < -0.3 is 24.1 Å². The van der Waals surface area contributed by atoms with Crippen LogP contribution in [0.1, 0.15) is 20.3 Å². The van der Waals surface area contributed by atoms with Crippen LogP contribution in [0.3, 0.4) is 0 Å². The van der Waals surface area contributed by atoms with Crippen molar-refractivity contribution in [2.75, 3.05) is 7.11 Å². The maximum atomic E-state index is 9.73. The van der Waals surface area contributed by atoms with Crippen molar-refractivity contribution in [3.8, 4) is 0 Å². The molecule has 3 unspecified atom stereocenters. The van der Waals surface area contributed by atoms with Gasteiger partial charge in [-0.3, -0.25) is 0 Å². The Bertz CT molecular complexity index is 374. The molecular formula is C11H16Cl2O5. The Kier molecular flexibility index (Phi) is 2.77. The van der Waals surface area contributed by atoms with Crippen LogP contribution in [0.2, 0.25) is 0 Å². The van der Waals surface area contributed by atoms with Gasteiger partial charge >= 0.3 is 0 Å².